The van der Waals surface area contributed by atoms with Gasteiger partial charge in [-0.2, -0.15) is 11.8 Å². The second-order valence-electron chi connectivity index (χ2n) is 6.81. The first kappa shape index (κ1) is 23.1. The van der Waals surface area contributed by atoms with Crippen molar-refractivity contribution in [3.05, 3.63) is 70.2 Å². The molecule has 0 aliphatic heterocycles. The number of nitrogens with one attached hydrogen (secondary N) is 2. The number of amides is 1. The van der Waals surface area contributed by atoms with Gasteiger partial charge in [-0.25, -0.2) is 0 Å². The Morgan fingerprint density at radius 2 is 1.93 bits per heavy atom. The van der Waals surface area contributed by atoms with Gasteiger partial charge in [-0.05, 0) is 48.1 Å². The molecule has 2 aromatic rings. The van der Waals surface area contributed by atoms with Crippen molar-refractivity contribution in [3.8, 4) is 0 Å². The fourth-order valence-electron chi connectivity index (χ4n) is 2.90. The zero-order valence-corrected chi connectivity index (χ0v) is 19.0. The highest BCUT2D eigenvalue weighted by Crippen LogP contribution is 2.27. The molecule has 2 N–H and O–H groups in total. The zero-order chi connectivity index (χ0) is 21.2. The zero-order valence-electron chi connectivity index (χ0n) is 17.4. The van der Waals surface area contributed by atoms with Crippen molar-refractivity contribution in [1.82, 2.24) is 15.5 Å². The van der Waals surface area contributed by atoms with Gasteiger partial charge in [0.1, 0.15) is 0 Å². The molecule has 1 unspecified atom stereocenters. The number of carbonyl (C=O) groups excluding carboxylic acids is 1. The SMILES string of the molecule is CN=C(NCCc1cccc(C(=O)N(C)C)c1)NCC(SC)c1cccc(Cl)c1. The summed E-state index contributed by atoms with van der Waals surface area (Å²) in [6.07, 6.45) is 2.89. The fraction of sp³-hybridized carbons (Fsp3) is 0.364. The minimum absolute atomic E-state index is 0.0152. The van der Waals surface area contributed by atoms with Gasteiger partial charge in [-0.1, -0.05) is 35.9 Å². The first-order chi connectivity index (χ1) is 13.9. The summed E-state index contributed by atoms with van der Waals surface area (Å²) in [5.74, 6) is 0.771. The van der Waals surface area contributed by atoms with E-state index in [4.69, 9.17) is 11.6 Å². The van der Waals surface area contributed by atoms with E-state index in [0.717, 1.165) is 36.1 Å². The Kier molecular flexibility index (Phi) is 9.35. The predicted octanol–water partition coefficient (Wildman–Crippen LogP) is 3.85. The molecule has 2 aromatic carbocycles. The predicted molar refractivity (Wildman–Crippen MR) is 125 cm³/mol. The molecule has 0 radical (unpaired) electrons. The Hall–Kier alpha value is -2.18. The van der Waals surface area contributed by atoms with Crippen molar-refractivity contribution in [2.45, 2.75) is 11.7 Å². The number of hydrogen-bond donors (Lipinski definition) is 2. The normalized spacial score (nSPS) is 12.4. The van der Waals surface area contributed by atoms with E-state index in [1.54, 1.807) is 37.8 Å². The number of aliphatic imine (C=N–C) groups is 1. The number of thioether (sulfide) groups is 1. The smallest absolute Gasteiger partial charge is 0.253 e. The molecule has 0 aliphatic rings. The summed E-state index contributed by atoms with van der Waals surface area (Å²) >= 11 is 7.89. The van der Waals surface area contributed by atoms with Crippen LogP contribution in [0.15, 0.2) is 53.5 Å². The number of nitrogens with zero attached hydrogens (tertiary/aromatic N) is 2. The third-order valence-electron chi connectivity index (χ3n) is 4.47. The van der Waals surface area contributed by atoms with Crippen molar-refractivity contribution in [2.75, 3.05) is 40.5 Å². The van der Waals surface area contributed by atoms with Crippen LogP contribution in [0.4, 0.5) is 0 Å². The summed E-state index contributed by atoms with van der Waals surface area (Å²) in [4.78, 5) is 18.0. The first-order valence-electron chi connectivity index (χ1n) is 9.48. The van der Waals surface area contributed by atoms with E-state index in [1.807, 2.05) is 42.5 Å². The maximum Gasteiger partial charge on any atom is 0.253 e. The van der Waals surface area contributed by atoms with E-state index in [9.17, 15) is 4.79 Å². The van der Waals surface area contributed by atoms with Gasteiger partial charge in [0.25, 0.3) is 5.91 Å². The van der Waals surface area contributed by atoms with Crippen LogP contribution in [0.2, 0.25) is 5.02 Å². The van der Waals surface area contributed by atoms with E-state index in [1.165, 1.54) is 5.56 Å². The van der Waals surface area contributed by atoms with E-state index in [-0.39, 0.29) is 11.2 Å². The second kappa shape index (κ2) is 11.7. The molecule has 0 bridgehead atoms. The summed E-state index contributed by atoms with van der Waals surface area (Å²) in [6, 6.07) is 15.7. The number of carbonyl (C=O) groups is 1. The van der Waals surface area contributed by atoms with Crippen molar-refractivity contribution < 1.29 is 4.79 Å². The molecular weight excluding hydrogens is 404 g/mol. The standard InChI is InChI=1S/C22H29ClN4OS/c1-24-22(26-15-20(29-4)17-8-6-10-19(23)14-17)25-12-11-16-7-5-9-18(13-16)21(28)27(2)3/h5-10,13-14,20H,11-12,15H2,1-4H3,(H2,24,25,26). The van der Waals surface area contributed by atoms with E-state index >= 15 is 0 Å². The topological polar surface area (TPSA) is 56.7 Å². The summed E-state index contributed by atoms with van der Waals surface area (Å²) in [6.45, 7) is 1.47. The Balaban J connectivity index is 1.86. The van der Waals surface area contributed by atoms with Gasteiger partial charge in [0.15, 0.2) is 5.96 Å². The van der Waals surface area contributed by atoms with Gasteiger partial charge < -0.3 is 15.5 Å². The van der Waals surface area contributed by atoms with Crippen molar-refractivity contribution >= 4 is 35.2 Å². The molecule has 156 valence electrons. The van der Waals surface area contributed by atoms with Gasteiger partial charge in [-0.3, -0.25) is 9.79 Å². The van der Waals surface area contributed by atoms with Crippen LogP contribution < -0.4 is 10.6 Å². The molecule has 0 saturated heterocycles. The van der Waals surface area contributed by atoms with E-state index in [2.05, 4.69) is 27.9 Å². The fourth-order valence-corrected chi connectivity index (χ4v) is 3.76. The van der Waals surface area contributed by atoms with Gasteiger partial charge in [0, 0.05) is 50.1 Å². The lowest BCUT2D eigenvalue weighted by atomic mass is 10.1. The van der Waals surface area contributed by atoms with Gasteiger partial charge in [-0.15, -0.1) is 0 Å². The highest BCUT2D eigenvalue weighted by atomic mass is 35.5. The molecule has 0 fully saturated rings. The maximum atomic E-state index is 12.1. The maximum absolute atomic E-state index is 12.1. The van der Waals surface area contributed by atoms with Crippen LogP contribution in [0.1, 0.15) is 26.7 Å². The molecule has 7 heteroatoms. The molecule has 29 heavy (non-hydrogen) atoms. The number of rotatable bonds is 8. The first-order valence-corrected chi connectivity index (χ1v) is 11.1. The molecule has 0 heterocycles. The van der Waals surface area contributed by atoms with Gasteiger partial charge >= 0.3 is 0 Å². The lowest BCUT2D eigenvalue weighted by Crippen LogP contribution is -2.39. The number of hydrogen-bond acceptors (Lipinski definition) is 3. The highest BCUT2D eigenvalue weighted by molar-refractivity contribution is 7.98. The third kappa shape index (κ3) is 7.29. The van der Waals surface area contributed by atoms with Gasteiger partial charge in [0.05, 0.1) is 0 Å². The van der Waals surface area contributed by atoms with Crippen LogP contribution in [0.5, 0.6) is 0 Å². The van der Waals surface area contributed by atoms with Crippen molar-refractivity contribution in [3.63, 3.8) is 0 Å². The van der Waals surface area contributed by atoms with Crippen molar-refractivity contribution in [2.24, 2.45) is 4.99 Å². The molecule has 0 saturated carbocycles. The van der Waals surface area contributed by atoms with Crippen LogP contribution in [-0.4, -0.2) is 57.3 Å². The van der Waals surface area contributed by atoms with Gasteiger partial charge in [0.2, 0.25) is 0 Å². The molecule has 1 atom stereocenters. The molecule has 0 aliphatic carbocycles. The highest BCUT2D eigenvalue weighted by Gasteiger charge is 2.12. The molecular formula is C22H29ClN4OS. The monoisotopic (exact) mass is 432 g/mol. The molecule has 0 aromatic heterocycles. The van der Waals surface area contributed by atoms with Crippen LogP contribution in [0.25, 0.3) is 0 Å². The lowest BCUT2D eigenvalue weighted by Gasteiger charge is -2.18. The Morgan fingerprint density at radius 3 is 2.59 bits per heavy atom. The van der Waals surface area contributed by atoms with E-state index < -0.39 is 0 Å². The van der Waals surface area contributed by atoms with Crippen molar-refractivity contribution in [1.29, 1.82) is 0 Å². The number of benzene rings is 2. The minimum atomic E-state index is 0.0152. The minimum Gasteiger partial charge on any atom is -0.356 e. The summed E-state index contributed by atoms with van der Waals surface area (Å²) < 4.78 is 0. The quantitative estimate of drug-likeness (QED) is 0.491. The second-order valence-corrected chi connectivity index (χ2v) is 8.29. The van der Waals surface area contributed by atoms with Crippen LogP contribution in [0.3, 0.4) is 0 Å². The lowest BCUT2D eigenvalue weighted by molar-refractivity contribution is 0.0827. The van der Waals surface area contributed by atoms with Crippen LogP contribution in [-0.2, 0) is 6.42 Å². The average Bonchev–Trinajstić information content (AvgIpc) is 2.72. The third-order valence-corrected chi connectivity index (χ3v) is 5.71. The average molecular weight is 433 g/mol. The molecule has 0 spiro atoms. The molecule has 5 nitrogen and oxygen atoms in total. The van der Waals surface area contributed by atoms with Crippen LogP contribution in [0, 0.1) is 0 Å². The Bertz CT molecular complexity index is 841. The molecule has 2 rings (SSSR count). The Morgan fingerprint density at radius 1 is 1.17 bits per heavy atom. The number of halogens is 1. The van der Waals surface area contributed by atoms with E-state index in [0.29, 0.717) is 5.56 Å². The summed E-state index contributed by atoms with van der Waals surface area (Å²) in [5, 5.41) is 7.75. The summed E-state index contributed by atoms with van der Waals surface area (Å²) in [7, 11) is 5.29. The number of guanidine groups is 1. The largest absolute Gasteiger partial charge is 0.356 e. The summed E-state index contributed by atoms with van der Waals surface area (Å²) in [5.41, 5.74) is 3.01. The Labute approximate surface area is 182 Å². The molecule has 1 amide bonds. The van der Waals surface area contributed by atoms with Crippen LogP contribution >= 0.6 is 23.4 Å².